The molecule has 3 aliphatic heterocycles. The topological polar surface area (TPSA) is 32.5 Å². The monoisotopic (exact) mass is 237 g/mol. The molecule has 17 heavy (non-hydrogen) atoms. The molecule has 0 aromatic rings. The zero-order valence-electron chi connectivity index (χ0n) is 11.1. The maximum absolute atomic E-state index is 6.17. The lowest BCUT2D eigenvalue weighted by Crippen LogP contribution is -2.52. The second-order valence-electron chi connectivity index (χ2n) is 6.45. The molecule has 0 saturated carbocycles. The minimum absolute atomic E-state index is 0.484. The highest BCUT2D eigenvalue weighted by Gasteiger charge is 2.42. The molecule has 2 N–H and O–H groups in total. The van der Waals surface area contributed by atoms with E-state index in [4.69, 9.17) is 5.73 Å². The van der Waals surface area contributed by atoms with E-state index in [1.807, 2.05) is 0 Å². The van der Waals surface area contributed by atoms with E-state index in [9.17, 15) is 0 Å². The van der Waals surface area contributed by atoms with E-state index in [0.29, 0.717) is 6.04 Å². The molecule has 3 heteroatoms. The summed E-state index contributed by atoms with van der Waals surface area (Å²) in [6.07, 6.45) is 9.48. The van der Waals surface area contributed by atoms with Crippen molar-refractivity contribution in [2.75, 3.05) is 20.1 Å². The normalized spacial score (nSPS) is 44.8. The Hall–Kier alpha value is -0.120. The Morgan fingerprint density at radius 2 is 1.59 bits per heavy atom. The number of nitrogens with zero attached hydrogens (tertiary/aromatic N) is 2. The van der Waals surface area contributed by atoms with Crippen molar-refractivity contribution in [1.29, 1.82) is 0 Å². The van der Waals surface area contributed by atoms with Crippen LogP contribution in [0.3, 0.4) is 0 Å². The van der Waals surface area contributed by atoms with Crippen molar-refractivity contribution in [1.82, 2.24) is 9.80 Å². The van der Waals surface area contributed by atoms with Gasteiger partial charge in [-0.05, 0) is 65.1 Å². The highest BCUT2D eigenvalue weighted by Crippen LogP contribution is 2.38. The van der Waals surface area contributed by atoms with Crippen LogP contribution in [0.15, 0.2) is 0 Å². The van der Waals surface area contributed by atoms with Gasteiger partial charge in [-0.15, -0.1) is 0 Å². The van der Waals surface area contributed by atoms with Crippen LogP contribution in [-0.2, 0) is 0 Å². The summed E-state index contributed by atoms with van der Waals surface area (Å²) in [6, 6.07) is 2.97. The Bertz CT molecular complexity index is 254. The van der Waals surface area contributed by atoms with Gasteiger partial charge in [0.1, 0.15) is 0 Å². The highest BCUT2D eigenvalue weighted by atomic mass is 15.3. The molecular formula is C14H27N3. The van der Waals surface area contributed by atoms with Crippen molar-refractivity contribution in [3.05, 3.63) is 0 Å². The standard InChI is InChI=1S/C14H27N3/c1-16-7-2-3-12(6-8-16)17-13-4-5-14(17)10-11(15)9-13/h11-14H,2-10,15H2,1H3. The molecule has 3 fully saturated rings. The third-order valence-corrected chi connectivity index (χ3v) is 5.17. The predicted octanol–water partition coefficient (Wildman–Crippen LogP) is 1.42. The van der Waals surface area contributed by atoms with Gasteiger partial charge in [0, 0.05) is 24.2 Å². The lowest BCUT2D eigenvalue weighted by molar-refractivity contribution is 0.0696. The maximum Gasteiger partial charge on any atom is 0.0116 e. The summed E-state index contributed by atoms with van der Waals surface area (Å²) < 4.78 is 0. The number of rotatable bonds is 1. The zero-order chi connectivity index (χ0) is 11.8. The molecule has 3 nitrogen and oxygen atoms in total. The van der Waals surface area contributed by atoms with Crippen molar-refractivity contribution < 1.29 is 0 Å². The molecule has 3 rings (SSSR count). The molecule has 3 heterocycles. The van der Waals surface area contributed by atoms with Crippen LogP contribution in [0.5, 0.6) is 0 Å². The summed E-state index contributed by atoms with van der Waals surface area (Å²) in [7, 11) is 2.27. The van der Waals surface area contributed by atoms with Crippen LogP contribution >= 0.6 is 0 Å². The predicted molar refractivity (Wildman–Crippen MR) is 71.0 cm³/mol. The first-order valence-corrected chi connectivity index (χ1v) is 7.45. The van der Waals surface area contributed by atoms with Gasteiger partial charge in [0.2, 0.25) is 0 Å². The summed E-state index contributed by atoms with van der Waals surface area (Å²) in [5.74, 6) is 0. The van der Waals surface area contributed by atoms with Crippen LogP contribution < -0.4 is 5.73 Å². The fourth-order valence-corrected chi connectivity index (χ4v) is 4.37. The van der Waals surface area contributed by atoms with Crippen LogP contribution in [0, 0.1) is 0 Å². The summed E-state index contributed by atoms with van der Waals surface area (Å²) in [6.45, 7) is 2.58. The molecule has 2 bridgehead atoms. The first-order valence-electron chi connectivity index (χ1n) is 7.45. The molecular weight excluding hydrogens is 210 g/mol. The van der Waals surface area contributed by atoms with Gasteiger partial charge in [0.05, 0.1) is 0 Å². The number of piperidine rings is 1. The fraction of sp³-hybridized carbons (Fsp3) is 1.00. The summed E-state index contributed by atoms with van der Waals surface area (Å²) >= 11 is 0. The van der Waals surface area contributed by atoms with Crippen LogP contribution in [0.1, 0.15) is 44.9 Å². The molecule has 0 aromatic heterocycles. The van der Waals surface area contributed by atoms with E-state index in [0.717, 1.165) is 18.1 Å². The quantitative estimate of drug-likeness (QED) is 0.749. The lowest BCUT2D eigenvalue weighted by atomic mass is 9.94. The minimum atomic E-state index is 0.484. The van der Waals surface area contributed by atoms with Gasteiger partial charge in [-0.25, -0.2) is 0 Å². The van der Waals surface area contributed by atoms with Crippen LogP contribution in [0.25, 0.3) is 0 Å². The van der Waals surface area contributed by atoms with Crippen molar-refractivity contribution >= 4 is 0 Å². The van der Waals surface area contributed by atoms with Gasteiger partial charge in [-0.1, -0.05) is 0 Å². The first kappa shape index (κ1) is 11.9. The number of nitrogens with two attached hydrogens (primary N) is 1. The van der Waals surface area contributed by atoms with E-state index in [-0.39, 0.29) is 0 Å². The molecule has 0 radical (unpaired) electrons. The van der Waals surface area contributed by atoms with E-state index >= 15 is 0 Å². The number of fused-ring (bicyclic) bond motifs is 2. The molecule has 0 aromatic carbocycles. The van der Waals surface area contributed by atoms with Crippen molar-refractivity contribution in [3.63, 3.8) is 0 Å². The van der Waals surface area contributed by atoms with Crippen molar-refractivity contribution in [2.24, 2.45) is 5.73 Å². The molecule has 3 atom stereocenters. The van der Waals surface area contributed by atoms with Gasteiger partial charge in [0.15, 0.2) is 0 Å². The Morgan fingerprint density at radius 1 is 0.882 bits per heavy atom. The summed E-state index contributed by atoms with van der Waals surface area (Å²) in [4.78, 5) is 5.38. The van der Waals surface area contributed by atoms with Crippen molar-refractivity contribution in [2.45, 2.75) is 69.1 Å². The van der Waals surface area contributed by atoms with Gasteiger partial charge in [-0.3, -0.25) is 4.90 Å². The Kier molecular flexibility index (Phi) is 3.42. The second kappa shape index (κ2) is 4.87. The second-order valence-corrected chi connectivity index (χ2v) is 6.45. The molecule has 0 aliphatic carbocycles. The third-order valence-electron chi connectivity index (χ3n) is 5.17. The van der Waals surface area contributed by atoms with Gasteiger partial charge in [-0.2, -0.15) is 0 Å². The third kappa shape index (κ3) is 2.38. The number of hydrogen-bond acceptors (Lipinski definition) is 3. The zero-order valence-corrected chi connectivity index (χ0v) is 11.1. The minimum Gasteiger partial charge on any atom is -0.328 e. The molecule has 98 valence electrons. The highest BCUT2D eigenvalue weighted by molar-refractivity contribution is 4.99. The molecule has 0 amide bonds. The van der Waals surface area contributed by atoms with E-state index < -0.39 is 0 Å². The number of likely N-dealkylation sites (tertiary alicyclic amines) is 1. The molecule has 3 unspecified atom stereocenters. The average molecular weight is 237 g/mol. The van der Waals surface area contributed by atoms with E-state index in [1.165, 1.54) is 58.0 Å². The van der Waals surface area contributed by atoms with Gasteiger partial charge >= 0.3 is 0 Å². The van der Waals surface area contributed by atoms with Crippen LogP contribution in [-0.4, -0.2) is 54.1 Å². The Morgan fingerprint density at radius 3 is 2.29 bits per heavy atom. The lowest BCUT2D eigenvalue weighted by Gasteiger charge is -2.42. The van der Waals surface area contributed by atoms with E-state index in [2.05, 4.69) is 16.8 Å². The Balaban J connectivity index is 1.68. The van der Waals surface area contributed by atoms with E-state index in [1.54, 1.807) is 0 Å². The summed E-state index contributed by atoms with van der Waals surface area (Å²) in [5.41, 5.74) is 6.17. The largest absolute Gasteiger partial charge is 0.328 e. The number of hydrogen-bond donors (Lipinski definition) is 1. The maximum atomic E-state index is 6.17. The molecule has 0 spiro atoms. The van der Waals surface area contributed by atoms with Crippen LogP contribution in [0.4, 0.5) is 0 Å². The Labute approximate surface area is 105 Å². The first-order chi connectivity index (χ1) is 8.24. The fourth-order valence-electron chi connectivity index (χ4n) is 4.37. The SMILES string of the molecule is CN1CCCC(N2C3CCC2CC(N)C3)CC1. The molecule has 3 aliphatic rings. The smallest absolute Gasteiger partial charge is 0.0116 e. The summed E-state index contributed by atoms with van der Waals surface area (Å²) in [5, 5.41) is 0. The van der Waals surface area contributed by atoms with Crippen LogP contribution in [0.2, 0.25) is 0 Å². The average Bonchev–Trinajstić information content (AvgIpc) is 2.50. The van der Waals surface area contributed by atoms with Gasteiger partial charge in [0.25, 0.3) is 0 Å². The molecule has 3 saturated heterocycles. The van der Waals surface area contributed by atoms with Crippen molar-refractivity contribution in [3.8, 4) is 0 Å². The van der Waals surface area contributed by atoms with Gasteiger partial charge < -0.3 is 10.6 Å².